The molecule has 1 aliphatic rings. The van der Waals surface area contributed by atoms with Gasteiger partial charge in [0, 0.05) is 34.0 Å². The minimum atomic E-state index is -0.287. The van der Waals surface area contributed by atoms with Crippen LogP contribution in [0.1, 0.15) is 28.2 Å². The van der Waals surface area contributed by atoms with Gasteiger partial charge in [-0.1, -0.05) is 0 Å². The molecule has 1 aromatic carbocycles. The highest BCUT2D eigenvalue weighted by atomic mass is 79.9. The van der Waals surface area contributed by atoms with E-state index in [1.165, 1.54) is 40.3 Å². The highest BCUT2D eigenvalue weighted by Crippen LogP contribution is 2.29. The molecule has 2 nitrogen and oxygen atoms in total. The minimum Gasteiger partial charge on any atom is -0.488 e. The van der Waals surface area contributed by atoms with Gasteiger partial charge in [0.15, 0.2) is 0 Å². The van der Waals surface area contributed by atoms with Crippen molar-refractivity contribution in [2.24, 2.45) is 0 Å². The average Bonchev–Trinajstić information content (AvgIpc) is 3.22. The summed E-state index contributed by atoms with van der Waals surface area (Å²) in [6, 6.07) is 7.38. The van der Waals surface area contributed by atoms with Gasteiger partial charge in [0.25, 0.3) is 0 Å². The van der Waals surface area contributed by atoms with E-state index < -0.39 is 0 Å². The van der Waals surface area contributed by atoms with E-state index in [9.17, 15) is 4.39 Å². The zero-order valence-electron chi connectivity index (χ0n) is 11.8. The van der Waals surface area contributed by atoms with E-state index in [-0.39, 0.29) is 5.82 Å². The molecule has 0 atom stereocenters. The minimum absolute atomic E-state index is 0.287. The summed E-state index contributed by atoms with van der Waals surface area (Å²) in [7, 11) is 0. The van der Waals surface area contributed by atoms with Crippen LogP contribution in [-0.4, -0.2) is 6.04 Å². The molecule has 112 valence electrons. The molecule has 1 aromatic heterocycles. The molecule has 1 saturated carbocycles. The van der Waals surface area contributed by atoms with Gasteiger partial charge in [0.05, 0.1) is 4.47 Å². The molecule has 1 heterocycles. The van der Waals surface area contributed by atoms with Crippen LogP contribution in [0.3, 0.4) is 0 Å². The fourth-order valence-electron chi connectivity index (χ4n) is 2.09. The van der Waals surface area contributed by atoms with Crippen LogP contribution in [0, 0.1) is 12.7 Å². The van der Waals surface area contributed by atoms with Crippen molar-refractivity contribution in [2.75, 3.05) is 0 Å². The fourth-order valence-corrected chi connectivity index (χ4v) is 3.45. The van der Waals surface area contributed by atoms with Gasteiger partial charge in [-0.15, -0.1) is 11.3 Å². The normalized spacial score (nSPS) is 14.4. The fraction of sp³-hybridized carbons (Fsp3) is 0.375. The molecule has 1 fully saturated rings. The van der Waals surface area contributed by atoms with E-state index in [4.69, 9.17) is 4.74 Å². The molecule has 5 heteroatoms. The van der Waals surface area contributed by atoms with Gasteiger partial charge in [-0.25, -0.2) is 4.39 Å². The van der Waals surface area contributed by atoms with Crippen LogP contribution in [0.2, 0.25) is 0 Å². The second kappa shape index (κ2) is 6.46. The van der Waals surface area contributed by atoms with Crippen LogP contribution in [0.25, 0.3) is 0 Å². The zero-order valence-corrected chi connectivity index (χ0v) is 14.2. The second-order valence-electron chi connectivity index (χ2n) is 5.31. The summed E-state index contributed by atoms with van der Waals surface area (Å²) in [4.78, 5) is 2.59. The van der Waals surface area contributed by atoms with Crippen LogP contribution >= 0.6 is 27.3 Å². The van der Waals surface area contributed by atoms with Crippen molar-refractivity contribution in [3.05, 3.63) is 49.9 Å². The summed E-state index contributed by atoms with van der Waals surface area (Å²) < 4.78 is 19.7. The Bertz CT molecular complexity index is 639. The summed E-state index contributed by atoms with van der Waals surface area (Å²) in [6.45, 7) is 3.50. The van der Waals surface area contributed by atoms with Gasteiger partial charge < -0.3 is 10.1 Å². The predicted molar refractivity (Wildman–Crippen MR) is 87.3 cm³/mol. The maximum atomic E-state index is 13.2. The third-order valence-electron chi connectivity index (χ3n) is 3.49. The monoisotopic (exact) mass is 369 g/mol. The van der Waals surface area contributed by atoms with Crippen molar-refractivity contribution in [1.29, 1.82) is 0 Å². The zero-order chi connectivity index (χ0) is 14.8. The van der Waals surface area contributed by atoms with E-state index in [2.05, 4.69) is 34.2 Å². The van der Waals surface area contributed by atoms with Crippen molar-refractivity contribution in [3.63, 3.8) is 0 Å². The van der Waals surface area contributed by atoms with E-state index in [1.54, 1.807) is 17.4 Å². The first-order valence-corrected chi connectivity index (χ1v) is 8.62. The Labute approximate surface area is 136 Å². The largest absolute Gasteiger partial charge is 0.488 e. The summed E-state index contributed by atoms with van der Waals surface area (Å²) in [5.41, 5.74) is 1.17. The molecular weight excluding hydrogens is 353 g/mol. The number of benzene rings is 1. The Kier molecular flexibility index (Phi) is 4.62. The molecule has 2 aromatic rings. The van der Waals surface area contributed by atoms with Crippen LogP contribution in [0.5, 0.6) is 5.75 Å². The van der Waals surface area contributed by atoms with Crippen molar-refractivity contribution < 1.29 is 9.13 Å². The topological polar surface area (TPSA) is 21.3 Å². The summed E-state index contributed by atoms with van der Waals surface area (Å²) in [5, 5.41) is 3.52. The molecule has 0 unspecified atom stereocenters. The quantitative estimate of drug-likeness (QED) is 0.790. The van der Waals surface area contributed by atoms with Crippen LogP contribution in [-0.2, 0) is 13.2 Å². The van der Waals surface area contributed by atoms with Gasteiger partial charge in [0.2, 0.25) is 0 Å². The Morgan fingerprint density at radius 2 is 2.19 bits per heavy atom. The lowest BCUT2D eigenvalue weighted by molar-refractivity contribution is 0.302. The van der Waals surface area contributed by atoms with Gasteiger partial charge >= 0.3 is 0 Å². The van der Waals surface area contributed by atoms with E-state index in [0.717, 1.165) is 17.1 Å². The summed E-state index contributed by atoms with van der Waals surface area (Å²) >= 11 is 5.17. The van der Waals surface area contributed by atoms with Crippen molar-refractivity contribution in [1.82, 2.24) is 5.32 Å². The third-order valence-corrected chi connectivity index (χ3v) is 5.24. The number of nitrogens with one attached hydrogen (secondary N) is 1. The lowest BCUT2D eigenvalue weighted by atomic mass is 10.2. The molecule has 0 amide bonds. The second-order valence-corrected chi connectivity index (χ2v) is 7.51. The number of thiophene rings is 1. The highest BCUT2D eigenvalue weighted by Gasteiger charge is 2.20. The number of rotatable bonds is 6. The number of halogens is 2. The number of aryl methyl sites for hydroxylation is 1. The predicted octanol–water partition coefficient (Wildman–Crippen LogP) is 4.79. The van der Waals surface area contributed by atoms with Gasteiger partial charge in [0.1, 0.15) is 18.2 Å². The van der Waals surface area contributed by atoms with E-state index in [0.29, 0.717) is 12.4 Å². The summed E-state index contributed by atoms with van der Waals surface area (Å²) in [6.07, 6.45) is 2.60. The van der Waals surface area contributed by atoms with Crippen molar-refractivity contribution in [2.45, 2.75) is 39.0 Å². The SMILES string of the molecule is Cc1sc(CNC2CC2)cc1COc1cc(F)ccc1Br. The van der Waals surface area contributed by atoms with Gasteiger partial charge in [-0.05, 0) is 53.9 Å². The maximum Gasteiger partial charge on any atom is 0.136 e. The third kappa shape index (κ3) is 4.05. The molecule has 1 aliphatic carbocycles. The molecule has 0 radical (unpaired) electrons. The Hall–Kier alpha value is -0.910. The first-order valence-electron chi connectivity index (χ1n) is 7.01. The van der Waals surface area contributed by atoms with Gasteiger partial charge in [-0.2, -0.15) is 0 Å². The summed E-state index contributed by atoms with van der Waals surface area (Å²) in [5.74, 6) is 0.253. The lowest BCUT2D eigenvalue weighted by Crippen LogP contribution is -2.14. The highest BCUT2D eigenvalue weighted by molar-refractivity contribution is 9.10. The van der Waals surface area contributed by atoms with E-state index >= 15 is 0 Å². The average molecular weight is 370 g/mol. The molecule has 0 bridgehead atoms. The molecule has 1 N–H and O–H groups in total. The van der Waals surface area contributed by atoms with Crippen molar-refractivity contribution >= 4 is 27.3 Å². The number of hydrogen-bond donors (Lipinski definition) is 1. The Morgan fingerprint density at radius 3 is 2.95 bits per heavy atom. The van der Waals surface area contributed by atoms with Gasteiger partial charge in [-0.3, -0.25) is 0 Å². The molecule has 0 spiro atoms. The smallest absolute Gasteiger partial charge is 0.136 e. The van der Waals surface area contributed by atoms with E-state index in [1.807, 2.05) is 0 Å². The molecule has 21 heavy (non-hydrogen) atoms. The Balaban J connectivity index is 1.62. The number of ether oxygens (including phenoxy) is 1. The Morgan fingerprint density at radius 1 is 1.38 bits per heavy atom. The molecule has 0 aliphatic heterocycles. The molecular formula is C16H17BrFNOS. The lowest BCUT2D eigenvalue weighted by Gasteiger charge is -2.07. The first-order chi connectivity index (χ1) is 10.1. The van der Waals surface area contributed by atoms with Crippen molar-refractivity contribution in [3.8, 4) is 5.75 Å². The first kappa shape index (κ1) is 15.0. The maximum absolute atomic E-state index is 13.2. The standard InChI is InChI=1S/C16H17BrFNOS/c1-10-11(6-14(21-10)8-19-13-3-4-13)9-20-16-7-12(18)2-5-15(16)17/h2,5-7,13,19H,3-4,8-9H2,1H3. The molecule has 3 rings (SSSR count). The van der Waals surface area contributed by atoms with Crippen LogP contribution < -0.4 is 10.1 Å². The van der Waals surface area contributed by atoms with Crippen LogP contribution in [0.15, 0.2) is 28.7 Å². The molecule has 0 saturated heterocycles. The van der Waals surface area contributed by atoms with Crippen LogP contribution in [0.4, 0.5) is 4.39 Å². The number of hydrogen-bond acceptors (Lipinski definition) is 3.